The molecule has 0 radical (unpaired) electrons. The highest BCUT2D eigenvalue weighted by molar-refractivity contribution is 7.89. The highest BCUT2D eigenvalue weighted by atomic mass is 35.5. The van der Waals surface area contributed by atoms with E-state index in [1.54, 1.807) is 0 Å². The maximum atomic E-state index is 14.7. The standard InChI is InChI=1S/C21H28ClFN4O4S/c1-13-4-2-3-5-18(25-24)19(13)15-10-16(20(23)17(22)11-15)21(28)26-27-32(29,30)12-14-6-8-31-9-7-14/h4,10-11,14,25,27H,2-3,5-9,12,24H2,1H3,(H,26,28). The van der Waals surface area contributed by atoms with Crippen LogP contribution in [0.2, 0.25) is 5.02 Å². The molecule has 1 aliphatic heterocycles. The van der Waals surface area contributed by atoms with Crippen molar-refractivity contribution >= 4 is 33.1 Å². The molecule has 0 spiro atoms. The molecule has 2 aliphatic rings. The summed E-state index contributed by atoms with van der Waals surface area (Å²) in [5.41, 5.74) is 7.33. The fourth-order valence-electron chi connectivity index (χ4n) is 3.96. The first-order valence-corrected chi connectivity index (χ1v) is 12.5. The number of sulfonamides is 1. The molecule has 1 heterocycles. The van der Waals surface area contributed by atoms with Crippen molar-refractivity contribution in [2.24, 2.45) is 11.8 Å². The van der Waals surface area contributed by atoms with Gasteiger partial charge < -0.3 is 10.2 Å². The van der Waals surface area contributed by atoms with Gasteiger partial charge in [-0.15, -0.1) is 4.83 Å². The van der Waals surface area contributed by atoms with Gasteiger partial charge in [-0.1, -0.05) is 17.7 Å². The van der Waals surface area contributed by atoms with Crippen LogP contribution in [0.1, 0.15) is 54.9 Å². The van der Waals surface area contributed by atoms with Crippen molar-refractivity contribution in [3.05, 3.63) is 51.4 Å². The Morgan fingerprint density at radius 3 is 2.72 bits per heavy atom. The third kappa shape index (κ3) is 6.08. The molecule has 1 saturated heterocycles. The minimum absolute atomic E-state index is 0.0632. The Bertz CT molecular complexity index is 1040. The summed E-state index contributed by atoms with van der Waals surface area (Å²) in [6.45, 7) is 2.91. The molecule has 1 amide bonds. The predicted molar refractivity (Wildman–Crippen MR) is 121 cm³/mol. The minimum Gasteiger partial charge on any atom is -0.381 e. The maximum absolute atomic E-state index is 14.7. The van der Waals surface area contributed by atoms with E-state index in [-0.39, 0.29) is 22.3 Å². The van der Waals surface area contributed by atoms with E-state index >= 15 is 0 Å². The van der Waals surface area contributed by atoms with E-state index in [1.165, 1.54) is 12.1 Å². The number of benzene rings is 1. The first-order chi connectivity index (χ1) is 15.2. The van der Waals surface area contributed by atoms with Crippen LogP contribution >= 0.6 is 11.6 Å². The second kappa shape index (κ2) is 10.8. The molecular weight excluding hydrogens is 459 g/mol. The van der Waals surface area contributed by atoms with Gasteiger partial charge in [-0.25, -0.2) is 12.8 Å². The molecule has 176 valence electrons. The number of carbonyl (C=O) groups excluding carboxylic acids is 1. The molecular formula is C21H28ClFN4O4S. The number of amides is 1. The van der Waals surface area contributed by atoms with Crippen molar-refractivity contribution in [1.82, 2.24) is 15.7 Å². The lowest BCUT2D eigenvalue weighted by Crippen LogP contribution is -2.44. The molecule has 0 unspecified atom stereocenters. The molecule has 1 aliphatic carbocycles. The molecule has 0 aromatic heterocycles. The molecule has 1 aromatic carbocycles. The van der Waals surface area contributed by atoms with Crippen LogP contribution in [0.3, 0.4) is 0 Å². The Morgan fingerprint density at radius 2 is 2.03 bits per heavy atom. The van der Waals surface area contributed by atoms with Gasteiger partial charge >= 0.3 is 0 Å². The first kappa shape index (κ1) is 24.7. The quantitative estimate of drug-likeness (QED) is 0.347. The van der Waals surface area contributed by atoms with Crippen LogP contribution in [0, 0.1) is 11.7 Å². The molecule has 8 nitrogen and oxygen atoms in total. The number of hydrogen-bond donors (Lipinski definition) is 4. The van der Waals surface area contributed by atoms with E-state index in [9.17, 15) is 17.6 Å². The van der Waals surface area contributed by atoms with E-state index < -0.39 is 21.7 Å². The summed E-state index contributed by atoms with van der Waals surface area (Å²) in [7, 11) is -3.80. The van der Waals surface area contributed by atoms with Crippen LogP contribution in [-0.4, -0.2) is 33.3 Å². The number of rotatable bonds is 7. The number of allylic oxidation sites excluding steroid dienone is 4. The molecule has 0 bridgehead atoms. The molecule has 1 fully saturated rings. The lowest BCUT2D eigenvalue weighted by atomic mass is 9.95. The van der Waals surface area contributed by atoms with Gasteiger partial charge in [-0.3, -0.25) is 16.1 Å². The SMILES string of the molecule is CC1=CCCCC(NN)=C1c1cc(Cl)c(F)c(C(=O)NNS(=O)(=O)CC2CCOCC2)c1. The molecule has 0 atom stereocenters. The lowest BCUT2D eigenvalue weighted by Gasteiger charge is -2.22. The zero-order chi connectivity index (χ0) is 23.3. The monoisotopic (exact) mass is 486 g/mol. The highest BCUT2D eigenvalue weighted by Gasteiger charge is 2.24. The number of nitrogens with two attached hydrogens (primary N) is 1. The van der Waals surface area contributed by atoms with E-state index in [4.69, 9.17) is 22.2 Å². The van der Waals surface area contributed by atoms with Crippen LogP contribution in [0.4, 0.5) is 4.39 Å². The first-order valence-electron chi connectivity index (χ1n) is 10.5. The third-order valence-electron chi connectivity index (χ3n) is 5.63. The van der Waals surface area contributed by atoms with Crippen molar-refractivity contribution in [2.45, 2.75) is 39.0 Å². The number of carbonyl (C=O) groups is 1. The number of hydrogen-bond acceptors (Lipinski definition) is 6. The van der Waals surface area contributed by atoms with Gasteiger partial charge in [0.1, 0.15) is 0 Å². The number of hydrazine groups is 2. The largest absolute Gasteiger partial charge is 0.381 e. The Balaban J connectivity index is 1.82. The normalized spacial score (nSPS) is 18.2. The third-order valence-corrected chi connectivity index (χ3v) is 7.23. The van der Waals surface area contributed by atoms with E-state index in [2.05, 4.69) is 15.7 Å². The minimum atomic E-state index is -3.80. The van der Waals surface area contributed by atoms with Crippen molar-refractivity contribution < 1.29 is 22.3 Å². The van der Waals surface area contributed by atoms with Crippen molar-refractivity contribution in [2.75, 3.05) is 19.0 Å². The molecule has 0 saturated carbocycles. The van der Waals surface area contributed by atoms with Gasteiger partial charge in [0, 0.05) is 24.5 Å². The second-order valence-electron chi connectivity index (χ2n) is 7.99. The van der Waals surface area contributed by atoms with Crippen LogP contribution in [0.5, 0.6) is 0 Å². The van der Waals surface area contributed by atoms with Crippen molar-refractivity contribution in [3.8, 4) is 0 Å². The zero-order valence-corrected chi connectivity index (χ0v) is 19.4. The van der Waals surface area contributed by atoms with Gasteiger partial charge in [0.05, 0.1) is 16.3 Å². The van der Waals surface area contributed by atoms with Crippen LogP contribution in [0.15, 0.2) is 29.5 Å². The molecule has 11 heteroatoms. The van der Waals surface area contributed by atoms with Gasteiger partial charge in [0.2, 0.25) is 10.0 Å². The molecule has 32 heavy (non-hydrogen) atoms. The highest BCUT2D eigenvalue weighted by Crippen LogP contribution is 2.34. The Hall–Kier alpha value is -1.98. The smallest absolute Gasteiger partial charge is 0.269 e. The van der Waals surface area contributed by atoms with E-state index in [0.29, 0.717) is 38.0 Å². The summed E-state index contributed by atoms with van der Waals surface area (Å²) in [6.07, 6.45) is 5.72. The summed E-state index contributed by atoms with van der Waals surface area (Å²) in [6, 6.07) is 2.77. The van der Waals surface area contributed by atoms with Gasteiger partial charge in [-0.2, -0.15) is 0 Å². The lowest BCUT2D eigenvalue weighted by molar-refractivity contribution is 0.0722. The van der Waals surface area contributed by atoms with Crippen LogP contribution in [-0.2, 0) is 14.8 Å². The summed E-state index contributed by atoms with van der Waals surface area (Å²) in [5, 5.41) is -0.251. The topological polar surface area (TPSA) is 123 Å². The maximum Gasteiger partial charge on any atom is 0.269 e. The van der Waals surface area contributed by atoms with Crippen LogP contribution in [0.25, 0.3) is 5.57 Å². The zero-order valence-electron chi connectivity index (χ0n) is 17.8. The molecule has 5 N–H and O–H groups in total. The number of nitrogens with one attached hydrogen (secondary N) is 3. The average Bonchev–Trinajstić information content (AvgIpc) is 2.95. The van der Waals surface area contributed by atoms with Gasteiger partial charge in [-0.05, 0) is 68.2 Å². The van der Waals surface area contributed by atoms with E-state index in [1.807, 2.05) is 13.0 Å². The second-order valence-corrected chi connectivity index (χ2v) is 10.2. The number of halogens is 2. The summed E-state index contributed by atoms with van der Waals surface area (Å²) in [5.74, 6) is 3.60. The Morgan fingerprint density at radius 1 is 1.31 bits per heavy atom. The van der Waals surface area contributed by atoms with Gasteiger partial charge in [0.25, 0.3) is 5.91 Å². The fraction of sp³-hybridized carbons (Fsp3) is 0.476. The molecule has 1 aromatic rings. The summed E-state index contributed by atoms with van der Waals surface area (Å²) < 4.78 is 44.6. The van der Waals surface area contributed by atoms with Crippen LogP contribution < -0.4 is 21.5 Å². The predicted octanol–water partition coefficient (Wildman–Crippen LogP) is 2.77. The Labute approximate surface area is 192 Å². The van der Waals surface area contributed by atoms with Crippen molar-refractivity contribution in [3.63, 3.8) is 0 Å². The average molecular weight is 487 g/mol. The van der Waals surface area contributed by atoms with E-state index in [0.717, 1.165) is 29.7 Å². The summed E-state index contributed by atoms with van der Waals surface area (Å²) >= 11 is 6.08. The molecule has 3 rings (SSSR count). The van der Waals surface area contributed by atoms with Crippen molar-refractivity contribution in [1.29, 1.82) is 0 Å². The van der Waals surface area contributed by atoms with Gasteiger partial charge in [0.15, 0.2) is 5.82 Å². The number of ether oxygens (including phenoxy) is 1. The summed E-state index contributed by atoms with van der Waals surface area (Å²) in [4.78, 5) is 14.7. The fourth-order valence-corrected chi connectivity index (χ4v) is 5.47. The Kier molecular flexibility index (Phi) is 8.29.